The van der Waals surface area contributed by atoms with E-state index in [9.17, 15) is 5.11 Å². The first-order valence-corrected chi connectivity index (χ1v) is 8.10. The number of hydrogen-bond donors (Lipinski definition) is 2. The van der Waals surface area contributed by atoms with Gasteiger partial charge in [-0.25, -0.2) is 0 Å². The largest absolute Gasteiger partial charge is 0.497 e. The SMILES string of the molecule is COc1cccc(OCC(O)CNCC2CCCS2)c1. The predicted octanol–water partition coefficient (Wildman–Crippen LogP) is 1.92. The maximum Gasteiger partial charge on any atom is 0.123 e. The summed E-state index contributed by atoms with van der Waals surface area (Å²) in [5, 5.41) is 13.9. The number of rotatable bonds is 8. The van der Waals surface area contributed by atoms with Crippen molar-refractivity contribution in [1.82, 2.24) is 5.32 Å². The third-order valence-corrected chi connectivity index (χ3v) is 4.66. The van der Waals surface area contributed by atoms with Gasteiger partial charge in [0, 0.05) is 24.4 Å². The first-order chi connectivity index (χ1) is 9.78. The summed E-state index contributed by atoms with van der Waals surface area (Å²) in [4.78, 5) is 0. The van der Waals surface area contributed by atoms with Crippen molar-refractivity contribution in [3.05, 3.63) is 24.3 Å². The van der Waals surface area contributed by atoms with E-state index in [1.165, 1.54) is 18.6 Å². The highest BCUT2D eigenvalue weighted by molar-refractivity contribution is 8.00. The maximum atomic E-state index is 9.89. The fourth-order valence-corrected chi connectivity index (χ4v) is 3.39. The molecule has 1 aliphatic rings. The molecule has 2 unspecified atom stereocenters. The second kappa shape index (κ2) is 8.39. The maximum absolute atomic E-state index is 9.89. The summed E-state index contributed by atoms with van der Waals surface area (Å²) in [6.45, 7) is 1.83. The molecule has 1 saturated heterocycles. The fourth-order valence-electron chi connectivity index (χ4n) is 2.16. The number of methoxy groups -OCH3 is 1. The third kappa shape index (κ3) is 5.23. The van der Waals surface area contributed by atoms with Gasteiger partial charge >= 0.3 is 0 Å². The van der Waals surface area contributed by atoms with Crippen LogP contribution in [0.25, 0.3) is 0 Å². The molecule has 0 bridgehead atoms. The average molecular weight is 297 g/mol. The number of aliphatic hydroxyl groups excluding tert-OH is 1. The lowest BCUT2D eigenvalue weighted by atomic mass is 10.2. The van der Waals surface area contributed by atoms with Crippen molar-refractivity contribution in [2.45, 2.75) is 24.2 Å². The van der Waals surface area contributed by atoms with Gasteiger partial charge in [-0.05, 0) is 30.7 Å². The van der Waals surface area contributed by atoms with Gasteiger partial charge in [-0.2, -0.15) is 11.8 Å². The molecule has 5 heteroatoms. The minimum absolute atomic E-state index is 0.290. The molecule has 2 atom stereocenters. The first kappa shape index (κ1) is 15.5. The molecule has 0 spiro atoms. The van der Waals surface area contributed by atoms with E-state index in [-0.39, 0.29) is 6.61 Å². The summed E-state index contributed by atoms with van der Waals surface area (Å²) < 4.78 is 10.7. The molecule has 0 aliphatic carbocycles. The van der Waals surface area contributed by atoms with Gasteiger partial charge in [-0.15, -0.1) is 0 Å². The Morgan fingerprint density at radius 2 is 2.30 bits per heavy atom. The summed E-state index contributed by atoms with van der Waals surface area (Å²) >= 11 is 2.02. The van der Waals surface area contributed by atoms with E-state index < -0.39 is 6.10 Å². The molecule has 0 radical (unpaired) electrons. The minimum atomic E-state index is -0.493. The number of hydrogen-bond acceptors (Lipinski definition) is 5. The molecule has 0 saturated carbocycles. The van der Waals surface area contributed by atoms with E-state index in [0.29, 0.717) is 11.8 Å². The number of nitrogens with one attached hydrogen (secondary N) is 1. The number of aliphatic hydroxyl groups is 1. The second-order valence-electron chi connectivity index (χ2n) is 4.94. The van der Waals surface area contributed by atoms with Crippen molar-refractivity contribution < 1.29 is 14.6 Å². The Kier molecular flexibility index (Phi) is 6.50. The molecular formula is C15H23NO3S. The Morgan fingerprint density at radius 1 is 1.45 bits per heavy atom. The topological polar surface area (TPSA) is 50.7 Å². The molecule has 1 aromatic rings. The van der Waals surface area contributed by atoms with Crippen LogP contribution in [-0.4, -0.2) is 49.0 Å². The number of ether oxygens (including phenoxy) is 2. The molecule has 2 N–H and O–H groups in total. The van der Waals surface area contributed by atoms with Crippen molar-refractivity contribution in [1.29, 1.82) is 0 Å². The van der Waals surface area contributed by atoms with Gasteiger partial charge in [-0.3, -0.25) is 0 Å². The van der Waals surface area contributed by atoms with Crippen LogP contribution in [0.1, 0.15) is 12.8 Å². The van der Waals surface area contributed by atoms with E-state index in [1.54, 1.807) is 7.11 Å². The summed E-state index contributed by atoms with van der Waals surface area (Å²) in [5.41, 5.74) is 0. The Morgan fingerprint density at radius 3 is 3.05 bits per heavy atom. The van der Waals surface area contributed by atoms with E-state index >= 15 is 0 Å². The van der Waals surface area contributed by atoms with Crippen LogP contribution in [0.2, 0.25) is 0 Å². The number of benzene rings is 1. The van der Waals surface area contributed by atoms with Gasteiger partial charge in [0.25, 0.3) is 0 Å². The van der Waals surface area contributed by atoms with Crippen molar-refractivity contribution in [3.8, 4) is 11.5 Å². The van der Waals surface area contributed by atoms with Crippen LogP contribution >= 0.6 is 11.8 Å². The molecule has 20 heavy (non-hydrogen) atoms. The lowest BCUT2D eigenvalue weighted by molar-refractivity contribution is 0.106. The van der Waals surface area contributed by atoms with E-state index in [1.807, 2.05) is 36.0 Å². The molecule has 0 amide bonds. The quantitative estimate of drug-likeness (QED) is 0.768. The van der Waals surface area contributed by atoms with Crippen LogP contribution in [0.5, 0.6) is 11.5 Å². The summed E-state index contributed by atoms with van der Waals surface area (Å²) in [6.07, 6.45) is 2.11. The predicted molar refractivity (Wildman–Crippen MR) is 82.8 cm³/mol. The van der Waals surface area contributed by atoms with Crippen molar-refractivity contribution in [3.63, 3.8) is 0 Å². The van der Waals surface area contributed by atoms with Gasteiger partial charge in [0.2, 0.25) is 0 Å². The monoisotopic (exact) mass is 297 g/mol. The zero-order valence-electron chi connectivity index (χ0n) is 11.9. The van der Waals surface area contributed by atoms with E-state index in [4.69, 9.17) is 9.47 Å². The highest BCUT2D eigenvalue weighted by atomic mass is 32.2. The molecule has 1 fully saturated rings. The first-order valence-electron chi connectivity index (χ1n) is 7.05. The average Bonchev–Trinajstić information content (AvgIpc) is 2.98. The smallest absolute Gasteiger partial charge is 0.123 e. The highest BCUT2D eigenvalue weighted by Gasteiger charge is 2.15. The summed E-state index contributed by atoms with van der Waals surface area (Å²) in [6, 6.07) is 7.41. The summed E-state index contributed by atoms with van der Waals surface area (Å²) in [5.74, 6) is 2.75. The lowest BCUT2D eigenvalue weighted by Gasteiger charge is -2.15. The molecule has 1 aliphatic heterocycles. The van der Waals surface area contributed by atoms with Crippen LogP contribution < -0.4 is 14.8 Å². The van der Waals surface area contributed by atoms with Crippen LogP contribution in [-0.2, 0) is 0 Å². The minimum Gasteiger partial charge on any atom is -0.497 e. The van der Waals surface area contributed by atoms with Crippen LogP contribution in [0.15, 0.2) is 24.3 Å². The highest BCUT2D eigenvalue weighted by Crippen LogP contribution is 2.25. The van der Waals surface area contributed by atoms with Gasteiger partial charge in [0.05, 0.1) is 7.11 Å². The van der Waals surface area contributed by atoms with Crippen molar-refractivity contribution >= 4 is 11.8 Å². The van der Waals surface area contributed by atoms with Gasteiger partial charge in [0.15, 0.2) is 0 Å². The van der Waals surface area contributed by atoms with Gasteiger partial charge in [-0.1, -0.05) is 6.07 Å². The van der Waals surface area contributed by atoms with E-state index in [2.05, 4.69) is 5.32 Å². The Balaban J connectivity index is 1.62. The Hall–Kier alpha value is -0.910. The molecule has 1 aromatic carbocycles. The molecule has 4 nitrogen and oxygen atoms in total. The summed E-state index contributed by atoms with van der Waals surface area (Å²) in [7, 11) is 1.62. The van der Waals surface area contributed by atoms with Gasteiger partial charge in [0.1, 0.15) is 24.2 Å². The fraction of sp³-hybridized carbons (Fsp3) is 0.600. The standard InChI is InChI=1S/C15H23NO3S/c1-18-13-4-2-5-14(8-13)19-11-12(17)9-16-10-15-6-3-7-20-15/h2,4-5,8,12,15-17H,3,6-7,9-11H2,1H3. The third-order valence-electron chi connectivity index (χ3n) is 3.26. The molecule has 112 valence electrons. The van der Waals surface area contributed by atoms with Crippen LogP contribution in [0, 0.1) is 0 Å². The van der Waals surface area contributed by atoms with Crippen LogP contribution in [0.4, 0.5) is 0 Å². The second-order valence-corrected chi connectivity index (χ2v) is 6.35. The molecule has 0 aromatic heterocycles. The van der Waals surface area contributed by atoms with Crippen molar-refractivity contribution in [2.75, 3.05) is 32.6 Å². The number of thioether (sulfide) groups is 1. The zero-order valence-corrected chi connectivity index (χ0v) is 12.7. The zero-order chi connectivity index (χ0) is 14.2. The lowest BCUT2D eigenvalue weighted by Crippen LogP contribution is -2.34. The molecule has 1 heterocycles. The molecular weight excluding hydrogens is 274 g/mol. The van der Waals surface area contributed by atoms with Crippen molar-refractivity contribution in [2.24, 2.45) is 0 Å². The Bertz CT molecular complexity index is 396. The normalized spacial score (nSPS) is 19.8. The van der Waals surface area contributed by atoms with Gasteiger partial charge < -0.3 is 19.9 Å². The van der Waals surface area contributed by atoms with E-state index in [0.717, 1.165) is 18.0 Å². The molecule has 2 rings (SSSR count). The van der Waals surface area contributed by atoms with Crippen LogP contribution in [0.3, 0.4) is 0 Å². The Labute approximate surface area is 124 Å².